The van der Waals surface area contributed by atoms with Crippen LogP contribution in [0.15, 0.2) is 23.3 Å². The maximum Gasteiger partial charge on any atom is 0.0761 e. The molecule has 16 heavy (non-hydrogen) atoms. The van der Waals surface area contributed by atoms with Crippen LogP contribution in [-0.4, -0.2) is 11.2 Å². The summed E-state index contributed by atoms with van der Waals surface area (Å²) >= 11 is 0. The van der Waals surface area contributed by atoms with Crippen molar-refractivity contribution in [3.8, 4) is 0 Å². The molecule has 2 unspecified atom stereocenters. The van der Waals surface area contributed by atoms with E-state index in [0.29, 0.717) is 17.8 Å². The first-order valence-electron chi connectivity index (χ1n) is 6.57. The van der Waals surface area contributed by atoms with Gasteiger partial charge in [0.1, 0.15) is 0 Å². The Morgan fingerprint density at radius 2 is 1.94 bits per heavy atom. The summed E-state index contributed by atoms with van der Waals surface area (Å²) in [4.78, 5) is 0. The van der Waals surface area contributed by atoms with Crippen LogP contribution in [0, 0.1) is 17.8 Å². The van der Waals surface area contributed by atoms with Gasteiger partial charge >= 0.3 is 0 Å². The average molecular weight is 220 g/mol. The lowest BCUT2D eigenvalue weighted by Gasteiger charge is -2.18. The van der Waals surface area contributed by atoms with Gasteiger partial charge in [-0.2, -0.15) is 0 Å². The molecular weight excluding hydrogens is 196 g/mol. The molecule has 4 atom stereocenters. The molecular formula is C15H24O. The van der Waals surface area contributed by atoms with Crippen molar-refractivity contribution < 1.29 is 5.11 Å². The van der Waals surface area contributed by atoms with E-state index < -0.39 is 0 Å². The summed E-state index contributed by atoms with van der Waals surface area (Å²) in [5.41, 5.74) is 4.23. The van der Waals surface area contributed by atoms with E-state index in [1.54, 1.807) is 5.57 Å². The number of hydrogen-bond acceptors (Lipinski definition) is 1. The van der Waals surface area contributed by atoms with Crippen LogP contribution < -0.4 is 0 Å². The largest absolute Gasteiger partial charge is 0.389 e. The second kappa shape index (κ2) is 4.37. The Kier molecular flexibility index (Phi) is 3.25. The summed E-state index contributed by atoms with van der Waals surface area (Å²) in [7, 11) is 0. The van der Waals surface area contributed by atoms with Crippen LogP contribution in [0.2, 0.25) is 0 Å². The molecule has 0 aliphatic heterocycles. The molecule has 1 heteroatoms. The van der Waals surface area contributed by atoms with Crippen molar-refractivity contribution in [2.24, 2.45) is 17.8 Å². The maximum absolute atomic E-state index is 10.1. The smallest absolute Gasteiger partial charge is 0.0761 e. The fourth-order valence-corrected chi connectivity index (χ4v) is 3.46. The first-order chi connectivity index (χ1) is 7.50. The molecule has 2 aliphatic rings. The average Bonchev–Trinajstić information content (AvgIpc) is 2.39. The first kappa shape index (κ1) is 11.9. The van der Waals surface area contributed by atoms with Crippen molar-refractivity contribution in [3.05, 3.63) is 23.3 Å². The highest BCUT2D eigenvalue weighted by Crippen LogP contribution is 2.45. The Bertz CT molecular complexity index is 326. The molecule has 0 saturated carbocycles. The van der Waals surface area contributed by atoms with Crippen molar-refractivity contribution in [2.75, 3.05) is 0 Å². The van der Waals surface area contributed by atoms with Gasteiger partial charge in [0.15, 0.2) is 0 Å². The zero-order valence-electron chi connectivity index (χ0n) is 10.8. The molecule has 0 aromatic heterocycles. The fraction of sp³-hybridized carbons (Fsp3) is 0.733. The Balaban J connectivity index is 2.29. The van der Waals surface area contributed by atoms with Crippen molar-refractivity contribution in [1.29, 1.82) is 0 Å². The standard InChI is InChI=1S/C15H24O/c1-9(2)12-6-5-10(3)15-13(8-12)11(4)7-14(15)16/h10-12,14,16H,1,5-8H2,2-4H3/t10?,11-,12?,14+/m0/s1. The molecule has 0 aromatic carbocycles. The molecule has 0 amide bonds. The van der Waals surface area contributed by atoms with Crippen molar-refractivity contribution >= 4 is 0 Å². The van der Waals surface area contributed by atoms with Crippen LogP contribution in [0.3, 0.4) is 0 Å². The zero-order valence-corrected chi connectivity index (χ0v) is 10.8. The normalized spacial score (nSPS) is 39.5. The predicted octanol–water partition coefficient (Wildman–Crippen LogP) is 3.70. The van der Waals surface area contributed by atoms with Crippen molar-refractivity contribution in [2.45, 2.75) is 52.6 Å². The molecule has 1 N–H and O–H groups in total. The molecule has 90 valence electrons. The monoisotopic (exact) mass is 220 g/mol. The number of aliphatic hydroxyl groups excluding tert-OH is 1. The summed E-state index contributed by atoms with van der Waals surface area (Å²) in [5, 5.41) is 10.1. The van der Waals surface area contributed by atoms with E-state index in [-0.39, 0.29) is 6.10 Å². The fourth-order valence-electron chi connectivity index (χ4n) is 3.46. The van der Waals surface area contributed by atoms with Gasteiger partial charge in [0.25, 0.3) is 0 Å². The third kappa shape index (κ3) is 1.98. The van der Waals surface area contributed by atoms with E-state index in [4.69, 9.17) is 0 Å². The predicted molar refractivity (Wildman–Crippen MR) is 68.1 cm³/mol. The molecule has 0 heterocycles. The van der Waals surface area contributed by atoms with Gasteiger partial charge < -0.3 is 5.11 Å². The lowest BCUT2D eigenvalue weighted by molar-refractivity contribution is 0.189. The lowest BCUT2D eigenvalue weighted by Crippen LogP contribution is -2.12. The highest BCUT2D eigenvalue weighted by molar-refractivity contribution is 5.31. The van der Waals surface area contributed by atoms with Crippen LogP contribution >= 0.6 is 0 Å². The van der Waals surface area contributed by atoms with Crippen LogP contribution in [0.25, 0.3) is 0 Å². The van der Waals surface area contributed by atoms with E-state index in [9.17, 15) is 5.11 Å². The molecule has 2 aliphatic carbocycles. The molecule has 0 bridgehead atoms. The van der Waals surface area contributed by atoms with Gasteiger partial charge in [0.05, 0.1) is 6.10 Å². The Morgan fingerprint density at radius 1 is 1.25 bits per heavy atom. The minimum atomic E-state index is -0.163. The van der Waals surface area contributed by atoms with Gasteiger partial charge in [0.2, 0.25) is 0 Å². The quantitative estimate of drug-likeness (QED) is 0.668. The van der Waals surface area contributed by atoms with Gasteiger partial charge in [-0.3, -0.25) is 0 Å². The molecule has 0 radical (unpaired) electrons. The molecule has 0 fully saturated rings. The highest BCUT2D eigenvalue weighted by Gasteiger charge is 2.35. The topological polar surface area (TPSA) is 20.2 Å². The summed E-state index contributed by atoms with van der Waals surface area (Å²) in [6.07, 6.45) is 4.37. The zero-order chi connectivity index (χ0) is 11.9. The van der Waals surface area contributed by atoms with Gasteiger partial charge in [-0.05, 0) is 55.9 Å². The van der Waals surface area contributed by atoms with Crippen LogP contribution in [0.5, 0.6) is 0 Å². The van der Waals surface area contributed by atoms with E-state index in [0.717, 1.165) is 12.8 Å². The summed E-state index contributed by atoms with van der Waals surface area (Å²) in [6, 6.07) is 0. The SMILES string of the molecule is C=C(C)C1CCC(C)C2=C(C1)[C@@H](C)C[C@H]2O. The third-order valence-corrected chi connectivity index (χ3v) is 4.54. The number of aliphatic hydroxyl groups is 1. The second-order valence-electron chi connectivity index (χ2n) is 5.86. The van der Waals surface area contributed by atoms with Gasteiger partial charge in [0, 0.05) is 0 Å². The molecule has 0 saturated heterocycles. The lowest BCUT2D eigenvalue weighted by atomic mass is 9.87. The Morgan fingerprint density at radius 3 is 2.56 bits per heavy atom. The molecule has 0 spiro atoms. The third-order valence-electron chi connectivity index (χ3n) is 4.54. The Hall–Kier alpha value is -0.560. The van der Waals surface area contributed by atoms with Gasteiger partial charge in [-0.15, -0.1) is 0 Å². The summed E-state index contributed by atoms with van der Waals surface area (Å²) < 4.78 is 0. The maximum atomic E-state index is 10.1. The van der Waals surface area contributed by atoms with E-state index >= 15 is 0 Å². The summed E-state index contributed by atoms with van der Waals surface area (Å²) in [5.74, 6) is 1.79. The second-order valence-corrected chi connectivity index (χ2v) is 5.86. The molecule has 2 rings (SSSR count). The number of rotatable bonds is 1. The number of allylic oxidation sites excluding steroid dienone is 2. The molecule has 0 aromatic rings. The van der Waals surface area contributed by atoms with E-state index in [2.05, 4.69) is 27.4 Å². The minimum absolute atomic E-state index is 0.163. The minimum Gasteiger partial charge on any atom is -0.389 e. The van der Waals surface area contributed by atoms with Gasteiger partial charge in [-0.25, -0.2) is 0 Å². The van der Waals surface area contributed by atoms with E-state index in [1.165, 1.54) is 24.0 Å². The van der Waals surface area contributed by atoms with Crippen molar-refractivity contribution in [1.82, 2.24) is 0 Å². The van der Waals surface area contributed by atoms with Crippen LogP contribution in [-0.2, 0) is 0 Å². The van der Waals surface area contributed by atoms with Crippen molar-refractivity contribution in [3.63, 3.8) is 0 Å². The highest BCUT2D eigenvalue weighted by atomic mass is 16.3. The summed E-state index contributed by atoms with van der Waals surface area (Å²) in [6.45, 7) is 10.8. The van der Waals surface area contributed by atoms with Gasteiger partial charge in [-0.1, -0.05) is 31.6 Å². The Labute approximate surface area is 99.3 Å². The van der Waals surface area contributed by atoms with E-state index in [1.807, 2.05) is 0 Å². The van der Waals surface area contributed by atoms with Crippen LogP contribution in [0.1, 0.15) is 46.5 Å². The van der Waals surface area contributed by atoms with Crippen LogP contribution in [0.4, 0.5) is 0 Å². The first-order valence-corrected chi connectivity index (χ1v) is 6.57. The molecule has 1 nitrogen and oxygen atoms in total. The number of hydrogen-bond donors (Lipinski definition) is 1.